The Balaban J connectivity index is 1.91. The molecule has 0 saturated heterocycles. The molecule has 2 aromatic carbocycles. The third-order valence-corrected chi connectivity index (χ3v) is 3.90. The van der Waals surface area contributed by atoms with Crippen LogP contribution in [0.2, 0.25) is 5.02 Å². The standard InChI is InChI=1S/C16H11ClO3/c17-9-1-3-11-13-8-20-16-6-10(18)2-4-12(16)14(13)7-19-15(11)5-9/h1-6,18H,7-8H2. The van der Waals surface area contributed by atoms with Crippen LogP contribution in [-0.2, 0) is 0 Å². The first kappa shape index (κ1) is 11.7. The highest BCUT2D eigenvalue weighted by Crippen LogP contribution is 2.44. The van der Waals surface area contributed by atoms with E-state index < -0.39 is 0 Å². The van der Waals surface area contributed by atoms with Gasteiger partial charge in [0.1, 0.15) is 30.5 Å². The van der Waals surface area contributed by atoms with E-state index in [0.717, 1.165) is 28.0 Å². The van der Waals surface area contributed by atoms with Crippen molar-refractivity contribution in [2.24, 2.45) is 0 Å². The Hall–Kier alpha value is -2.13. The zero-order valence-corrected chi connectivity index (χ0v) is 11.3. The second kappa shape index (κ2) is 4.18. The molecule has 4 heteroatoms. The number of phenols is 1. The summed E-state index contributed by atoms with van der Waals surface area (Å²) in [6.45, 7) is 0.966. The summed E-state index contributed by atoms with van der Waals surface area (Å²) >= 11 is 6.00. The summed E-state index contributed by atoms with van der Waals surface area (Å²) in [5.41, 5.74) is 4.24. The largest absolute Gasteiger partial charge is 0.508 e. The monoisotopic (exact) mass is 286 g/mol. The van der Waals surface area contributed by atoms with Crippen molar-refractivity contribution in [2.45, 2.75) is 0 Å². The summed E-state index contributed by atoms with van der Waals surface area (Å²) in [6, 6.07) is 10.8. The van der Waals surface area contributed by atoms with Crippen molar-refractivity contribution in [3.05, 3.63) is 52.5 Å². The van der Waals surface area contributed by atoms with Gasteiger partial charge in [0.15, 0.2) is 0 Å². The van der Waals surface area contributed by atoms with Crippen molar-refractivity contribution < 1.29 is 14.6 Å². The predicted molar refractivity (Wildman–Crippen MR) is 77.4 cm³/mol. The van der Waals surface area contributed by atoms with Crippen molar-refractivity contribution in [1.29, 1.82) is 0 Å². The molecule has 0 spiro atoms. The number of hydrogen-bond donors (Lipinski definition) is 1. The van der Waals surface area contributed by atoms with E-state index in [9.17, 15) is 5.11 Å². The maximum Gasteiger partial charge on any atom is 0.131 e. The highest BCUT2D eigenvalue weighted by molar-refractivity contribution is 6.30. The first-order valence-corrected chi connectivity index (χ1v) is 6.71. The molecular formula is C16H11ClO3. The quantitative estimate of drug-likeness (QED) is 0.802. The average Bonchev–Trinajstić information content (AvgIpc) is 2.45. The van der Waals surface area contributed by atoms with Crippen LogP contribution in [0.4, 0.5) is 0 Å². The summed E-state index contributed by atoms with van der Waals surface area (Å²) in [6.07, 6.45) is 0. The normalized spacial score (nSPS) is 15.7. The summed E-state index contributed by atoms with van der Waals surface area (Å²) in [5.74, 6) is 1.70. The van der Waals surface area contributed by atoms with Gasteiger partial charge in [0, 0.05) is 33.4 Å². The van der Waals surface area contributed by atoms with E-state index in [4.69, 9.17) is 21.1 Å². The lowest BCUT2D eigenvalue weighted by molar-refractivity contribution is 0.336. The summed E-state index contributed by atoms with van der Waals surface area (Å²) in [4.78, 5) is 0. The molecule has 0 unspecified atom stereocenters. The molecule has 0 saturated carbocycles. The Labute approximate surface area is 121 Å². The number of hydrogen-bond acceptors (Lipinski definition) is 3. The van der Waals surface area contributed by atoms with Gasteiger partial charge >= 0.3 is 0 Å². The van der Waals surface area contributed by atoms with E-state index >= 15 is 0 Å². The van der Waals surface area contributed by atoms with Crippen LogP contribution >= 0.6 is 11.6 Å². The molecule has 2 heterocycles. The van der Waals surface area contributed by atoms with Gasteiger partial charge in [0.2, 0.25) is 0 Å². The average molecular weight is 287 g/mol. The van der Waals surface area contributed by atoms with Gasteiger partial charge in [-0.2, -0.15) is 0 Å². The van der Waals surface area contributed by atoms with Gasteiger partial charge in [-0.3, -0.25) is 0 Å². The fourth-order valence-electron chi connectivity index (χ4n) is 2.70. The molecule has 4 rings (SSSR count). The van der Waals surface area contributed by atoms with Crippen molar-refractivity contribution in [1.82, 2.24) is 0 Å². The number of phenolic OH excluding ortho intramolecular Hbond substituents is 1. The van der Waals surface area contributed by atoms with Crippen molar-refractivity contribution in [3.8, 4) is 17.2 Å². The Morgan fingerprint density at radius 3 is 2.15 bits per heavy atom. The molecule has 2 aliphatic heterocycles. The van der Waals surface area contributed by atoms with E-state index in [-0.39, 0.29) is 5.75 Å². The summed E-state index contributed by atoms with van der Waals surface area (Å²) in [5, 5.41) is 10.2. The minimum absolute atomic E-state index is 0.205. The fourth-order valence-corrected chi connectivity index (χ4v) is 2.86. The highest BCUT2D eigenvalue weighted by atomic mass is 35.5. The second-order valence-corrected chi connectivity index (χ2v) is 5.29. The topological polar surface area (TPSA) is 38.7 Å². The maximum atomic E-state index is 9.53. The molecule has 0 aliphatic carbocycles. The van der Waals surface area contributed by atoms with Crippen LogP contribution in [0.15, 0.2) is 36.4 Å². The van der Waals surface area contributed by atoms with Crippen LogP contribution in [0.5, 0.6) is 17.2 Å². The molecule has 1 N–H and O–H groups in total. The van der Waals surface area contributed by atoms with E-state index in [1.807, 2.05) is 24.3 Å². The van der Waals surface area contributed by atoms with E-state index in [2.05, 4.69) is 0 Å². The van der Waals surface area contributed by atoms with Crippen molar-refractivity contribution in [2.75, 3.05) is 13.2 Å². The minimum atomic E-state index is 0.205. The number of rotatable bonds is 0. The van der Waals surface area contributed by atoms with Crippen LogP contribution in [-0.4, -0.2) is 18.3 Å². The van der Waals surface area contributed by atoms with Gasteiger partial charge in [-0.25, -0.2) is 0 Å². The fraction of sp³-hybridized carbons (Fsp3) is 0.125. The minimum Gasteiger partial charge on any atom is -0.508 e. The number of benzene rings is 2. The van der Waals surface area contributed by atoms with Crippen LogP contribution < -0.4 is 9.47 Å². The molecule has 20 heavy (non-hydrogen) atoms. The van der Waals surface area contributed by atoms with Crippen LogP contribution in [0.1, 0.15) is 11.1 Å². The van der Waals surface area contributed by atoms with Gasteiger partial charge in [0.05, 0.1) is 0 Å². The van der Waals surface area contributed by atoms with Gasteiger partial charge in [-0.1, -0.05) is 11.6 Å². The van der Waals surface area contributed by atoms with Gasteiger partial charge in [-0.05, 0) is 30.3 Å². The molecule has 100 valence electrons. The Morgan fingerprint density at radius 2 is 1.45 bits per heavy atom. The van der Waals surface area contributed by atoms with Crippen LogP contribution in [0.25, 0.3) is 11.1 Å². The first-order chi connectivity index (χ1) is 9.72. The lowest BCUT2D eigenvalue weighted by Gasteiger charge is -2.29. The number of ether oxygens (including phenoxy) is 2. The summed E-state index contributed by atoms with van der Waals surface area (Å²) < 4.78 is 11.6. The van der Waals surface area contributed by atoms with Crippen molar-refractivity contribution in [3.63, 3.8) is 0 Å². The molecule has 0 amide bonds. The molecule has 2 aromatic rings. The Kier molecular flexibility index (Phi) is 2.44. The summed E-state index contributed by atoms with van der Waals surface area (Å²) in [7, 11) is 0. The van der Waals surface area contributed by atoms with E-state index in [1.165, 1.54) is 0 Å². The molecule has 0 bridgehead atoms. The Bertz CT molecular complexity index is 686. The Morgan fingerprint density at radius 1 is 0.850 bits per heavy atom. The zero-order valence-electron chi connectivity index (χ0n) is 10.5. The molecule has 0 radical (unpaired) electrons. The highest BCUT2D eigenvalue weighted by Gasteiger charge is 2.27. The third kappa shape index (κ3) is 1.67. The predicted octanol–water partition coefficient (Wildman–Crippen LogP) is 3.74. The lowest BCUT2D eigenvalue weighted by atomic mass is 9.91. The van der Waals surface area contributed by atoms with Gasteiger partial charge in [-0.15, -0.1) is 0 Å². The molecule has 0 atom stereocenters. The van der Waals surface area contributed by atoms with Crippen LogP contribution in [0.3, 0.4) is 0 Å². The number of aromatic hydroxyl groups is 1. The second-order valence-electron chi connectivity index (χ2n) is 4.86. The lowest BCUT2D eigenvalue weighted by Crippen LogP contribution is -2.19. The SMILES string of the molecule is Oc1ccc2c(c1)OCC1=C2COc2cc(Cl)ccc21. The zero-order chi connectivity index (χ0) is 13.7. The van der Waals surface area contributed by atoms with Crippen LogP contribution in [0, 0.1) is 0 Å². The maximum absolute atomic E-state index is 9.53. The van der Waals surface area contributed by atoms with E-state index in [1.54, 1.807) is 12.1 Å². The third-order valence-electron chi connectivity index (χ3n) is 3.67. The molecule has 3 nitrogen and oxygen atoms in total. The molecule has 0 fully saturated rings. The first-order valence-electron chi connectivity index (χ1n) is 6.33. The number of halogens is 1. The molecular weight excluding hydrogens is 276 g/mol. The van der Waals surface area contributed by atoms with Gasteiger partial charge in [0.25, 0.3) is 0 Å². The van der Waals surface area contributed by atoms with Gasteiger partial charge < -0.3 is 14.6 Å². The number of fused-ring (bicyclic) bond motifs is 4. The molecule has 2 aliphatic rings. The van der Waals surface area contributed by atoms with Crippen molar-refractivity contribution >= 4 is 22.7 Å². The van der Waals surface area contributed by atoms with E-state index in [0.29, 0.717) is 24.0 Å². The molecule has 0 aromatic heterocycles. The smallest absolute Gasteiger partial charge is 0.131 e.